The van der Waals surface area contributed by atoms with E-state index in [0.717, 1.165) is 28.8 Å². The summed E-state index contributed by atoms with van der Waals surface area (Å²) in [6, 6.07) is 69.2. The van der Waals surface area contributed by atoms with Crippen LogP contribution in [0.2, 0.25) is 0 Å². The van der Waals surface area contributed by atoms with Gasteiger partial charge < -0.3 is 14.5 Å². The number of fused-ring (bicyclic) bond motifs is 11. The SMILES string of the molecule is Cn1c2ccccc2c2c(C(Cc3ccc4c(c3)C(C)(C)c3cc(N(c5ccc(C(C)(C)C)cc5)c5cccc6[nH]c7ccccc7c56)c5ccccc5c3-4)c3ccc(C(C)(C)C)cc3)cccc21. The van der Waals surface area contributed by atoms with Gasteiger partial charge in [0.1, 0.15) is 0 Å². The molecule has 0 spiro atoms. The number of nitrogens with zero attached hydrogens (tertiary/aromatic N) is 2. The molecule has 11 aromatic rings. The molecule has 0 fully saturated rings. The normalized spacial score (nSPS) is 14.0. The van der Waals surface area contributed by atoms with Crippen LogP contribution in [0.5, 0.6) is 0 Å². The highest BCUT2D eigenvalue weighted by Crippen LogP contribution is 2.56. The van der Waals surface area contributed by atoms with E-state index in [-0.39, 0.29) is 22.2 Å². The van der Waals surface area contributed by atoms with Crippen LogP contribution in [0.15, 0.2) is 182 Å². The van der Waals surface area contributed by atoms with Crippen LogP contribution in [0, 0.1) is 0 Å². The lowest BCUT2D eigenvalue weighted by Gasteiger charge is -2.31. The van der Waals surface area contributed by atoms with Gasteiger partial charge in [-0.1, -0.05) is 189 Å². The van der Waals surface area contributed by atoms with Crippen LogP contribution in [0.25, 0.3) is 65.5 Å². The first-order valence-corrected chi connectivity index (χ1v) is 24.8. The Kier molecular flexibility index (Phi) is 9.70. The lowest BCUT2D eigenvalue weighted by atomic mass is 9.79. The standard InChI is InChI=1S/C66H61N3/c1-64(2,3)43-31-29-42(30-32-43)52(48-22-16-26-58-62(48)51-21-13-15-25-57(51)68(58)9)38-41-28-37-49-53(39-41)66(7,8)54-40-60(46-18-10-11-19-47(46)61(49)54)69(45-35-33-44(34-36-45)65(4,5)6)59-27-17-24-56-63(59)50-20-12-14-23-55(50)67-56/h10-37,39-40,52,67H,38H2,1-9H3. The number of anilines is 3. The lowest BCUT2D eigenvalue weighted by molar-refractivity contribution is 0.589. The number of benzene rings is 9. The molecule has 0 aliphatic heterocycles. The molecule has 12 rings (SSSR count). The lowest BCUT2D eigenvalue weighted by Crippen LogP contribution is -2.18. The third kappa shape index (κ3) is 6.84. The van der Waals surface area contributed by atoms with Crippen LogP contribution in [-0.2, 0) is 29.7 Å². The van der Waals surface area contributed by atoms with Crippen molar-refractivity contribution in [3.63, 3.8) is 0 Å². The summed E-state index contributed by atoms with van der Waals surface area (Å²) in [5, 5.41) is 7.65. The van der Waals surface area contributed by atoms with Crippen LogP contribution < -0.4 is 4.90 Å². The van der Waals surface area contributed by atoms with E-state index in [2.05, 4.69) is 259 Å². The topological polar surface area (TPSA) is 24.0 Å². The van der Waals surface area contributed by atoms with E-state index in [1.54, 1.807) is 0 Å². The number of aromatic nitrogens is 2. The minimum Gasteiger partial charge on any atom is -0.354 e. The molecule has 1 atom stereocenters. The molecule has 0 saturated heterocycles. The number of aryl methyl sites for hydroxylation is 1. The second-order valence-electron chi connectivity index (χ2n) is 22.3. The quantitative estimate of drug-likeness (QED) is 0.169. The Hall–Kier alpha value is -7.36. The molecule has 0 radical (unpaired) electrons. The Balaban J connectivity index is 1.03. The Bertz CT molecular complexity index is 3810. The number of aromatic amines is 1. The largest absolute Gasteiger partial charge is 0.354 e. The number of nitrogens with one attached hydrogen (secondary N) is 1. The fraction of sp³-hybridized carbons (Fsp3) is 0.212. The zero-order valence-electron chi connectivity index (χ0n) is 41.5. The molecule has 2 heterocycles. The molecular formula is C66H61N3. The van der Waals surface area contributed by atoms with Crippen molar-refractivity contribution < 1.29 is 0 Å². The Morgan fingerprint density at radius 1 is 0.522 bits per heavy atom. The number of hydrogen-bond donors (Lipinski definition) is 1. The molecule has 0 saturated carbocycles. The molecule has 1 aliphatic carbocycles. The average molecular weight is 896 g/mol. The molecule has 3 heteroatoms. The van der Waals surface area contributed by atoms with Crippen LogP contribution in [-0.4, -0.2) is 9.55 Å². The van der Waals surface area contributed by atoms with Gasteiger partial charge in [0, 0.05) is 73.1 Å². The van der Waals surface area contributed by atoms with Gasteiger partial charge >= 0.3 is 0 Å². The van der Waals surface area contributed by atoms with Gasteiger partial charge in [-0.3, -0.25) is 0 Å². The third-order valence-electron chi connectivity index (χ3n) is 15.7. The molecule has 1 N–H and O–H groups in total. The highest BCUT2D eigenvalue weighted by Gasteiger charge is 2.39. The number of H-pyrrole nitrogens is 1. The van der Waals surface area contributed by atoms with Gasteiger partial charge in [0.15, 0.2) is 0 Å². The monoisotopic (exact) mass is 895 g/mol. The molecule has 1 unspecified atom stereocenters. The van der Waals surface area contributed by atoms with E-state index in [1.165, 1.54) is 99.1 Å². The van der Waals surface area contributed by atoms with E-state index in [4.69, 9.17) is 0 Å². The van der Waals surface area contributed by atoms with Gasteiger partial charge in [0.25, 0.3) is 0 Å². The first kappa shape index (κ1) is 43.0. The van der Waals surface area contributed by atoms with Crippen LogP contribution in [0.3, 0.4) is 0 Å². The maximum atomic E-state index is 3.75. The number of hydrogen-bond acceptors (Lipinski definition) is 1. The van der Waals surface area contributed by atoms with E-state index in [9.17, 15) is 0 Å². The average Bonchev–Trinajstić information content (AvgIpc) is 3.95. The summed E-state index contributed by atoms with van der Waals surface area (Å²) in [7, 11) is 2.21. The molecule has 1 aliphatic rings. The van der Waals surface area contributed by atoms with Gasteiger partial charge in [-0.2, -0.15) is 0 Å². The fourth-order valence-corrected chi connectivity index (χ4v) is 11.9. The van der Waals surface area contributed by atoms with Crippen LogP contribution in [0.1, 0.15) is 100 Å². The number of rotatable bonds is 7. The van der Waals surface area contributed by atoms with Crippen molar-refractivity contribution in [3.05, 3.63) is 221 Å². The van der Waals surface area contributed by atoms with E-state index in [0.29, 0.717) is 0 Å². The summed E-state index contributed by atoms with van der Waals surface area (Å²) in [5.74, 6) is 0.149. The Morgan fingerprint density at radius 2 is 1.13 bits per heavy atom. The van der Waals surface area contributed by atoms with Gasteiger partial charge in [-0.15, -0.1) is 0 Å². The summed E-state index contributed by atoms with van der Waals surface area (Å²) in [5.41, 5.74) is 20.4. The van der Waals surface area contributed by atoms with Crippen molar-refractivity contribution in [2.24, 2.45) is 7.05 Å². The fourth-order valence-electron chi connectivity index (χ4n) is 11.9. The van der Waals surface area contributed by atoms with Crippen LogP contribution in [0.4, 0.5) is 17.1 Å². The molecule has 340 valence electrons. The summed E-state index contributed by atoms with van der Waals surface area (Å²) < 4.78 is 2.37. The van der Waals surface area contributed by atoms with Crippen molar-refractivity contribution in [1.82, 2.24) is 9.55 Å². The predicted octanol–water partition coefficient (Wildman–Crippen LogP) is 17.9. The van der Waals surface area contributed by atoms with Gasteiger partial charge in [-0.25, -0.2) is 0 Å². The molecule has 0 bridgehead atoms. The van der Waals surface area contributed by atoms with Crippen molar-refractivity contribution >= 4 is 71.4 Å². The smallest absolute Gasteiger partial charge is 0.0562 e. The zero-order chi connectivity index (χ0) is 47.6. The van der Waals surface area contributed by atoms with E-state index < -0.39 is 0 Å². The van der Waals surface area contributed by atoms with Gasteiger partial charge in [-0.05, 0) is 121 Å². The third-order valence-corrected chi connectivity index (χ3v) is 15.7. The van der Waals surface area contributed by atoms with Crippen molar-refractivity contribution in [1.29, 1.82) is 0 Å². The summed E-state index contributed by atoms with van der Waals surface area (Å²) >= 11 is 0. The second-order valence-corrected chi connectivity index (χ2v) is 22.3. The first-order valence-electron chi connectivity index (χ1n) is 24.8. The molecule has 2 aromatic heterocycles. The maximum absolute atomic E-state index is 3.75. The summed E-state index contributed by atoms with van der Waals surface area (Å²) in [4.78, 5) is 6.28. The molecular weight excluding hydrogens is 835 g/mol. The van der Waals surface area contributed by atoms with E-state index in [1.807, 2.05) is 0 Å². The zero-order valence-corrected chi connectivity index (χ0v) is 41.5. The van der Waals surface area contributed by atoms with Crippen molar-refractivity contribution in [3.8, 4) is 11.1 Å². The second kappa shape index (κ2) is 15.6. The Morgan fingerprint density at radius 3 is 1.86 bits per heavy atom. The highest BCUT2D eigenvalue weighted by molar-refractivity contribution is 6.17. The van der Waals surface area contributed by atoms with Crippen LogP contribution >= 0.6 is 0 Å². The van der Waals surface area contributed by atoms with Gasteiger partial charge in [0.05, 0.1) is 11.4 Å². The van der Waals surface area contributed by atoms with Crippen molar-refractivity contribution in [2.45, 2.75) is 84.0 Å². The van der Waals surface area contributed by atoms with Gasteiger partial charge in [0.2, 0.25) is 0 Å². The predicted molar refractivity (Wildman–Crippen MR) is 295 cm³/mol. The molecule has 0 amide bonds. The minimum atomic E-state index is -0.270. The Labute approximate surface area is 407 Å². The highest BCUT2D eigenvalue weighted by atomic mass is 15.1. The molecule has 9 aromatic carbocycles. The minimum absolute atomic E-state index is 0.0370. The van der Waals surface area contributed by atoms with E-state index >= 15 is 0 Å². The first-order chi connectivity index (χ1) is 33.2. The molecule has 69 heavy (non-hydrogen) atoms. The molecule has 3 nitrogen and oxygen atoms in total. The maximum Gasteiger partial charge on any atom is 0.0562 e. The summed E-state index contributed by atoms with van der Waals surface area (Å²) in [6.07, 6.45) is 0.885. The summed E-state index contributed by atoms with van der Waals surface area (Å²) in [6.45, 7) is 18.7. The van der Waals surface area contributed by atoms with Crippen molar-refractivity contribution in [2.75, 3.05) is 4.90 Å². The number of para-hydroxylation sites is 2.